The molecule has 3 N–H and O–H groups in total. The maximum absolute atomic E-state index is 5.23. The van der Waals surface area contributed by atoms with Gasteiger partial charge in [0.2, 0.25) is 0 Å². The number of anilines is 1. The Labute approximate surface area is 84.8 Å². The molecule has 0 atom stereocenters. The first-order valence-corrected chi connectivity index (χ1v) is 5.91. The zero-order chi connectivity index (χ0) is 9.10. The Morgan fingerprint density at radius 3 is 3.15 bits per heavy atom. The molecule has 13 heavy (non-hydrogen) atoms. The van der Waals surface area contributed by atoms with Crippen LogP contribution in [-0.2, 0) is 10.5 Å². The molecule has 6 heteroatoms. The third kappa shape index (κ3) is 2.34. The van der Waals surface area contributed by atoms with Gasteiger partial charge in [-0.3, -0.25) is 5.43 Å². The van der Waals surface area contributed by atoms with E-state index >= 15 is 0 Å². The van der Waals surface area contributed by atoms with E-state index in [1.165, 1.54) is 11.3 Å². The molecule has 0 saturated carbocycles. The van der Waals surface area contributed by atoms with Crippen LogP contribution < -0.4 is 11.3 Å². The molecule has 1 fully saturated rings. The van der Waals surface area contributed by atoms with E-state index in [2.05, 4.69) is 10.4 Å². The van der Waals surface area contributed by atoms with E-state index in [9.17, 15) is 0 Å². The minimum atomic E-state index is 0.663. The molecule has 0 radical (unpaired) electrons. The third-order valence-electron chi connectivity index (χ3n) is 1.75. The van der Waals surface area contributed by atoms with Crippen molar-refractivity contribution in [3.63, 3.8) is 0 Å². The highest BCUT2D eigenvalue weighted by atomic mass is 32.2. The summed E-state index contributed by atoms with van der Waals surface area (Å²) in [5, 5.41) is 3.47. The van der Waals surface area contributed by atoms with Crippen LogP contribution >= 0.6 is 23.1 Å². The van der Waals surface area contributed by atoms with Crippen molar-refractivity contribution in [2.24, 2.45) is 5.84 Å². The molecule has 0 aliphatic carbocycles. The Morgan fingerprint density at radius 2 is 2.62 bits per heavy atom. The van der Waals surface area contributed by atoms with Gasteiger partial charge in [0.05, 0.1) is 24.2 Å². The summed E-state index contributed by atoms with van der Waals surface area (Å²) in [7, 11) is 0. The first-order valence-electron chi connectivity index (χ1n) is 3.99. The zero-order valence-electron chi connectivity index (χ0n) is 7.03. The molecule has 0 spiro atoms. The molecule has 2 heterocycles. The highest BCUT2D eigenvalue weighted by Crippen LogP contribution is 2.24. The van der Waals surface area contributed by atoms with Crippen molar-refractivity contribution >= 4 is 28.2 Å². The SMILES string of the molecule is NNc1nc(CSC2COC2)cs1. The van der Waals surface area contributed by atoms with E-state index in [0.717, 1.165) is 29.8 Å². The Morgan fingerprint density at radius 1 is 1.77 bits per heavy atom. The number of aromatic nitrogens is 1. The highest BCUT2D eigenvalue weighted by Gasteiger charge is 2.18. The number of thioether (sulfide) groups is 1. The fourth-order valence-corrected chi connectivity index (χ4v) is 2.62. The van der Waals surface area contributed by atoms with Crippen LogP contribution in [0.3, 0.4) is 0 Å². The van der Waals surface area contributed by atoms with Gasteiger partial charge in [-0.05, 0) is 0 Å². The van der Waals surface area contributed by atoms with Gasteiger partial charge in [0.25, 0.3) is 0 Å². The zero-order valence-corrected chi connectivity index (χ0v) is 8.66. The van der Waals surface area contributed by atoms with Gasteiger partial charge in [-0.2, -0.15) is 0 Å². The molecule has 1 aromatic rings. The van der Waals surface area contributed by atoms with Crippen molar-refractivity contribution in [2.75, 3.05) is 18.6 Å². The summed E-state index contributed by atoms with van der Waals surface area (Å²) in [6.07, 6.45) is 0. The van der Waals surface area contributed by atoms with Crippen molar-refractivity contribution in [3.05, 3.63) is 11.1 Å². The summed E-state index contributed by atoms with van der Waals surface area (Å²) in [5.41, 5.74) is 3.63. The average Bonchev–Trinajstić information content (AvgIpc) is 2.49. The number of hydrogen-bond acceptors (Lipinski definition) is 6. The predicted octanol–water partition coefficient (Wildman–Crippen LogP) is 1.06. The number of nitrogen functional groups attached to an aromatic ring is 1. The van der Waals surface area contributed by atoms with E-state index in [4.69, 9.17) is 10.6 Å². The monoisotopic (exact) mass is 217 g/mol. The molecule has 0 aromatic carbocycles. The van der Waals surface area contributed by atoms with Crippen LogP contribution in [0, 0.1) is 0 Å². The molecule has 4 nitrogen and oxygen atoms in total. The lowest BCUT2D eigenvalue weighted by Gasteiger charge is -2.24. The van der Waals surface area contributed by atoms with Crippen molar-refractivity contribution < 1.29 is 4.74 Å². The van der Waals surface area contributed by atoms with E-state index in [1.807, 2.05) is 17.1 Å². The second-order valence-corrected chi connectivity index (χ2v) is 4.91. The van der Waals surface area contributed by atoms with Crippen molar-refractivity contribution in [1.29, 1.82) is 0 Å². The van der Waals surface area contributed by atoms with Crippen molar-refractivity contribution in [3.8, 4) is 0 Å². The van der Waals surface area contributed by atoms with Crippen LogP contribution in [0.5, 0.6) is 0 Å². The van der Waals surface area contributed by atoms with Crippen LogP contribution in [0.25, 0.3) is 0 Å². The van der Waals surface area contributed by atoms with Crippen LogP contribution in [0.2, 0.25) is 0 Å². The fourth-order valence-electron chi connectivity index (χ4n) is 0.953. The van der Waals surface area contributed by atoms with Crippen LogP contribution in [-0.4, -0.2) is 23.4 Å². The van der Waals surface area contributed by atoms with Gasteiger partial charge in [0, 0.05) is 11.1 Å². The topological polar surface area (TPSA) is 60.2 Å². The van der Waals surface area contributed by atoms with E-state index < -0.39 is 0 Å². The summed E-state index contributed by atoms with van der Waals surface area (Å²) in [4.78, 5) is 4.28. The smallest absolute Gasteiger partial charge is 0.197 e. The molecular formula is C7H11N3OS2. The lowest BCUT2D eigenvalue weighted by atomic mass is 10.4. The van der Waals surface area contributed by atoms with Crippen LogP contribution in [0.1, 0.15) is 5.69 Å². The fraction of sp³-hybridized carbons (Fsp3) is 0.571. The van der Waals surface area contributed by atoms with Crippen molar-refractivity contribution in [1.82, 2.24) is 4.98 Å². The number of ether oxygens (including phenoxy) is 1. The second-order valence-electron chi connectivity index (χ2n) is 2.76. The lowest BCUT2D eigenvalue weighted by molar-refractivity contribution is 0.0455. The van der Waals surface area contributed by atoms with Gasteiger partial charge in [-0.15, -0.1) is 23.1 Å². The maximum atomic E-state index is 5.23. The van der Waals surface area contributed by atoms with E-state index in [0.29, 0.717) is 5.25 Å². The van der Waals surface area contributed by atoms with Gasteiger partial charge >= 0.3 is 0 Å². The average molecular weight is 217 g/mol. The standard InChI is InChI=1S/C7H11N3OS2/c8-10-7-9-5(4-13-7)3-12-6-1-11-2-6/h4,6H,1-3,8H2,(H,9,10). The van der Waals surface area contributed by atoms with Crippen LogP contribution in [0.4, 0.5) is 5.13 Å². The van der Waals surface area contributed by atoms with E-state index in [1.54, 1.807) is 0 Å². The first kappa shape index (κ1) is 9.26. The van der Waals surface area contributed by atoms with Gasteiger partial charge in [-0.1, -0.05) is 0 Å². The number of hydrazine groups is 1. The van der Waals surface area contributed by atoms with Gasteiger partial charge in [-0.25, -0.2) is 10.8 Å². The van der Waals surface area contributed by atoms with Crippen molar-refractivity contribution in [2.45, 2.75) is 11.0 Å². The lowest BCUT2D eigenvalue weighted by Crippen LogP contribution is -2.30. The summed E-state index contributed by atoms with van der Waals surface area (Å²) in [6.45, 7) is 1.77. The number of nitrogens with one attached hydrogen (secondary N) is 1. The maximum Gasteiger partial charge on any atom is 0.197 e. The molecule has 0 unspecified atom stereocenters. The molecule has 1 aliphatic heterocycles. The van der Waals surface area contributed by atoms with E-state index in [-0.39, 0.29) is 0 Å². The Balaban J connectivity index is 1.79. The van der Waals surface area contributed by atoms with Gasteiger partial charge < -0.3 is 4.74 Å². The molecule has 0 bridgehead atoms. The number of nitrogens with two attached hydrogens (primary N) is 1. The summed E-state index contributed by atoms with van der Waals surface area (Å²) >= 11 is 3.43. The molecule has 72 valence electrons. The minimum absolute atomic E-state index is 0.663. The Bertz CT molecular complexity index is 274. The normalized spacial score (nSPS) is 17.0. The summed E-state index contributed by atoms with van der Waals surface area (Å²) in [6, 6.07) is 0. The number of nitrogens with zero attached hydrogens (tertiary/aromatic N) is 1. The molecule has 1 aromatic heterocycles. The first-order chi connectivity index (χ1) is 6.38. The third-order valence-corrected chi connectivity index (χ3v) is 3.78. The Kier molecular flexibility index (Phi) is 3.05. The minimum Gasteiger partial charge on any atom is -0.379 e. The molecule has 2 rings (SSSR count). The Hall–Kier alpha value is -0.300. The number of hydrogen-bond donors (Lipinski definition) is 2. The number of rotatable bonds is 4. The van der Waals surface area contributed by atoms with Gasteiger partial charge in [0.15, 0.2) is 5.13 Å². The predicted molar refractivity (Wildman–Crippen MR) is 55.8 cm³/mol. The molecule has 1 saturated heterocycles. The summed E-state index contributed by atoms with van der Waals surface area (Å²) in [5.74, 6) is 6.18. The highest BCUT2D eigenvalue weighted by molar-refractivity contribution is 7.99. The summed E-state index contributed by atoms with van der Waals surface area (Å²) < 4.78 is 5.08. The molecular weight excluding hydrogens is 206 g/mol. The largest absolute Gasteiger partial charge is 0.379 e. The molecule has 1 aliphatic rings. The quantitative estimate of drug-likeness (QED) is 0.583. The number of thiazole rings is 1. The van der Waals surface area contributed by atoms with Gasteiger partial charge in [0.1, 0.15) is 0 Å². The van der Waals surface area contributed by atoms with Crippen LogP contribution in [0.15, 0.2) is 5.38 Å². The second kappa shape index (κ2) is 4.28. The molecule has 0 amide bonds.